The minimum Gasteiger partial charge on any atom is -0.493 e. The molecule has 1 aromatic heterocycles. The van der Waals surface area contributed by atoms with Crippen molar-refractivity contribution in [2.45, 2.75) is 25.4 Å². The molecule has 0 saturated heterocycles. The van der Waals surface area contributed by atoms with Gasteiger partial charge in [0.1, 0.15) is 0 Å². The number of aromatic nitrogens is 1. The van der Waals surface area contributed by atoms with Crippen LogP contribution in [0.3, 0.4) is 0 Å². The highest BCUT2D eigenvalue weighted by atomic mass is 16.5. The van der Waals surface area contributed by atoms with Crippen LogP contribution in [0.4, 0.5) is 0 Å². The third-order valence-corrected chi connectivity index (χ3v) is 4.70. The molecule has 0 unspecified atom stereocenters. The van der Waals surface area contributed by atoms with Crippen LogP contribution in [-0.2, 0) is 11.3 Å². The van der Waals surface area contributed by atoms with Gasteiger partial charge in [0.05, 0.1) is 7.11 Å². The quantitative estimate of drug-likeness (QED) is 0.706. The van der Waals surface area contributed by atoms with E-state index in [0.717, 1.165) is 29.3 Å². The van der Waals surface area contributed by atoms with E-state index in [1.54, 1.807) is 7.11 Å². The molecule has 5 heteroatoms. The molecule has 0 radical (unpaired) electrons. The van der Waals surface area contributed by atoms with E-state index in [9.17, 15) is 4.79 Å². The summed E-state index contributed by atoms with van der Waals surface area (Å²) in [5.74, 6) is 1.23. The van der Waals surface area contributed by atoms with Crippen LogP contribution in [0.25, 0.3) is 10.9 Å². The number of amides is 1. The minimum atomic E-state index is 0.00701. The minimum absolute atomic E-state index is 0.00701. The number of H-pyrrole nitrogens is 1. The number of carbonyl (C=O) groups is 1. The maximum Gasteiger partial charge on any atom is 0.261 e. The molecule has 1 amide bonds. The first-order valence-corrected chi connectivity index (χ1v) is 8.86. The Hall–Kier alpha value is -2.95. The summed E-state index contributed by atoms with van der Waals surface area (Å²) in [6, 6.07) is 16.0. The van der Waals surface area contributed by atoms with Gasteiger partial charge in [0, 0.05) is 24.3 Å². The maximum atomic E-state index is 12.8. The topological polar surface area (TPSA) is 54.6 Å². The third kappa shape index (κ3) is 3.52. The highest BCUT2D eigenvalue weighted by Crippen LogP contribution is 2.30. The molecular formula is C21H22N2O3. The maximum absolute atomic E-state index is 12.8. The number of ether oxygens (including phenoxy) is 2. The number of nitrogens with zero attached hydrogens (tertiary/aromatic N) is 1. The van der Waals surface area contributed by atoms with Gasteiger partial charge in [0.2, 0.25) is 0 Å². The number of benzene rings is 2. The molecule has 1 N–H and O–H groups in total. The van der Waals surface area contributed by atoms with Crippen molar-refractivity contribution in [1.29, 1.82) is 0 Å². The Bertz CT molecular complexity index is 914. The highest BCUT2D eigenvalue weighted by molar-refractivity contribution is 5.81. The van der Waals surface area contributed by atoms with E-state index < -0.39 is 0 Å². The summed E-state index contributed by atoms with van der Waals surface area (Å²) >= 11 is 0. The zero-order chi connectivity index (χ0) is 17.9. The molecule has 1 aliphatic carbocycles. The van der Waals surface area contributed by atoms with Crippen molar-refractivity contribution >= 4 is 16.8 Å². The molecule has 1 heterocycles. The van der Waals surface area contributed by atoms with E-state index in [0.29, 0.717) is 24.1 Å². The fourth-order valence-corrected chi connectivity index (χ4v) is 3.17. The average molecular weight is 350 g/mol. The van der Waals surface area contributed by atoms with Gasteiger partial charge in [-0.3, -0.25) is 4.79 Å². The van der Waals surface area contributed by atoms with E-state index >= 15 is 0 Å². The molecule has 0 spiro atoms. The van der Waals surface area contributed by atoms with Crippen LogP contribution in [0.5, 0.6) is 11.5 Å². The van der Waals surface area contributed by atoms with Crippen LogP contribution in [0, 0.1) is 0 Å². The summed E-state index contributed by atoms with van der Waals surface area (Å²) in [6.07, 6.45) is 4.05. The summed E-state index contributed by atoms with van der Waals surface area (Å²) in [5, 5.41) is 1.16. The Morgan fingerprint density at radius 3 is 2.73 bits per heavy atom. The Morgan fingerprint density at radius 1 is 1.15 bits per heavy atom. The lowest BCUT2D eigenvalue weighted by atomic mass is 10.1. The number of hydrogen-bond donors (Lipinski definition) is 1. The molecule has 26 heavy (non-hydrogen) atoms. The van der Waals surface area contributed by atoms with Gasteiger partial charge in [-0.1, -0.05) is 18.2 Å². The predicted octanol–water partition coefficient (Wildman–Crippen LogP) is 3.75. The molecular weight excluding hydrogens is 328 g/mol. The predicted molar refractivity (Wildman–Crippen MR) is 100 cm³/mol. The molecule has 2 aromatic carbocycles. The molecule has 3 aromatic rings. The number of methoxy groups -OCH3 is 1. The summed E-state index contributed by atoms with van der Waals surface area (Å²) in [7, 11) is 1.59. The van der Waals surface area contributed by atoms with Crippen molar-refractivity contribution in [1.82, 2.24) is 9.88 Å². The number of rotatable bonds is 7. The Kier molecular flexibility index (Phi) is 4.52. The largest absolute Gasteiger partial charge is 0.493 e. The van der Waals surface area contributed by atoms with Gasteiger partial charge in [-0.15, -0.1) is 0 Å². The Morgan fingerprint density at radius 2 is 1.96 bits per heavy atom. The van der Waals surface area contributed by atoms with Crippen molar-refractivity contribution in [3.05, 3.63) is 60.3 Å². The van der Waals surface area contributed by atoms with E-state index in [-0.39, 0.29) is 12.5 Å². The number of aromatic amines is 1. The number of para-hydroxylation sites is 2. The fourth-order valence-electron chi connectivity index (χ4n) is 3.17. The second kappa shape index (κ2) is 7.12. The Labute approximate surface area is 152 Å². The third-order valence-electron chi connectivity index (χ3n) is 4.70. The molecule has 1 fully saturated rings. The number of carbonyl (C=O) groups excluding carboxylic acids is 1. The molecule has 1 saturated carbocycles. The van der Waals surface area contributed by atoms with Gasteiger partial charge in [-0.25, -0.2) is 0 Å². The zero-order valence-electron chi connectivity index (χ0n) is 14.8. The van der Waals surface area contributed by atoms with Gasteiger partial charge in [0.25, 0.3) is 5.91 Å². The van der Waals surface area contributed by atoms with Crippen LogP contribution in [0.15, 0.2) is 54.7 Å². The SMILES string of the molecule is COc1ccccc1OCC(=O)N(Cc1ccc2[nH]ccc2c1)C1CC1. The molecule has 0 aliphatic heterocycles. The summed E-state index contributed by atoms with van der Waals surface area (Å²) < 4.78 is 11.0. The van der Waals surface area contributed by atoms with Gasteiger partial charge < -0.3 is 19.4 Å². The lowest BCUT2D eigenvalue weighted by Gasteiger charge is -2.23. The molecule has 0 bridgehead atoms. The standard InChI is InChI=1S/C21H22N2O3/c1-25-19-4-2-3-5-20(19)26-14-21(24)23(17-7-8-17)13-15-6-9-18-16(12-15)10-11-22-18/h2-6,9-12,17,22H,7-8,13-14H2,1H3. The smallest absolute Gasteiger partial charge is 0.261 e. The van der Waals surface area contributed by atoms with Crippen LogP contribution < -0.4 is 9.47 Å². The number of hydrogen-bond acceptors (Lipinski definition) is 3. The van der Waals surface area contributed by atoms with Crippen molar-refractivity contribution in [3.8, 4) is 11.5 Å². The first-order valence-electron chi connectivity index (χ1n) is 8.86. The lowest BCUT2D eigenvalue weighted by Crippen LogP contribution is -2.36. The van der Waals surface area contributed by atoms with Gasteiger partial charge in [-0.2, -0.15) is 0 Å². The zero-order valence-corrected chi connectivity index (χ0v) is 14.8. The second-order valence-electron chi connectivity index (χ2n) is 6.59. The van der Waals surface area contributed by atoms with Crippen molar-refractivity contribution in [2.24, 2.45) is 0 Å². The van der Waals surface area contributed by atoms with Gasteiger partial charge >= 0.3 is 0 Å². The normalized spacial score (nSPS) is 13.6. The monoisotopic (exact) mass is 350 g/mol. The second-order valence-corrected chi connectivity index (χ2v) is 6.59. The summed E-state index contributed by atoms with van der Waals surface area (Å²) in [6.45, 7) is 0.628. The number of fused-ring (bicyclic) bond motifs is 1. The van der Waals surface area contributed by atoms with E-state index in [4.69, 9.17) is 9.47 Å². The van der Waals surface area contributed by atoms with E-state index in [1.807, 2.05) is 41.4 Å². The van der Waals surface area contributed by atoms with Crippen LogP contribution >= 0.6 is 0 Å². The van der Waals surface area contributed by atoms with Crippen LogP contribution in [-0.4, -0.2) is 35.5 Å². The van der Waals surface area contributed by atoms with E-state index in [2.05, 4.69) is 23.2 Å². The highest BCUT2D eigenvalue weighted by Gasteiger charge is 2.32. The lowest BCUT2D eigenvalue weighted by molar-refractivity contribution is -0.134. The first kappa shape index (κ1) is 16.5. The fraction of sp³-hybridized carbons (Fsp3) is 0.286. The van der Waals surface area contributed by atoms with Crippen LogP contribution in [0.1, 0.15) is 18.4 Å². The molecule has 0 atom stereocenters. The van der Waals surface area contributed by atoms with Crippen molar-refractivity contribution in [2.75, 3.05) is 13.7 Å². The van der Waals surface area contributed by atoms with Crippen LogP contribution in [0.2, 0.25) is 0 Å². The molecule has 1 aliphatic rings. The first-order chi connectivity index (χ1) is 12.7. The Balaban J connectivity index is 1.45. The van der Waals surface area contributed by atoms with Gasteiger partial charge in [0.15, 0.2) is 18.1 Å². The average Bonchev–Trinajstić information content (AvgIpc) is 3.41. The van der Waals surface area contributed by atoms with E-state index in [1.165, 1.54) is 0 Å². The molecule has 4 rings (SSSR count). The summed E-state index contributed by atoms with van der Waals surface area (Å²) in [5.41, 5.74) is 2.24. The van der Waals surface area contributed by atoms with Crippen molar-refractivity contribution < 1.29 is 14.3 Å². The number of nitrogens with one attached hydrogen (secondary N) is 1. The molecule has 5 nitrogen and oxygen atoms in total. The van der Waals surface area contributed by atoms with Crippen molar-refractivity contribution in [3.63, 3.8) is 0 Å². The van der Waals surface area contributed by atoms with Gasteiger partial charge in [-0.05, 0) is 54.1 Å². The summed E-state index contributed by atoms with van der Waals surface area (Å²) in [4.78, 5) is 17.9. The molecule has 134 valence electrons.